The quantitative estimate of drug-likeness (QED) is 0.722. The Hall–Kier alpha value is -2.34. The summed E-state index contributed by atoms with van der Waals surface area (Å²) in [7, 11) is 0. The maximum absolute atomic E-state index is 10.6. The van der Waals surface area contributed by atoms with Gasteiger partial charge in [0.25, 0.3) is 0 Å². The molecule has 3 heteroatoms. The molecule has 0 saturated heterocycles. The molecule has 0 N–H and O–H groups in total. The van der Waals surface area contributed by atoms with Crippen molar-refractivity contribution in [1.82, 2.24) is 0 Å². The summed E-state index contributed by atoms with van der Waals surface area (Å²) >= 11 is 0. The number of aromatic carboxylic acids is 1. The number of nitriles is 1. The molecule has 0 fully saturated rings. The maximum atomic E-state index is 10.6. The molecule has 2 aromatic rings. The molecule has 0 aliphatic heterocycles. The van der Waals surface area contributed by atoms with Crippen LogP contribution in [0.4, 0.5) is 0 Å². The van der Waals surface area contributed by atoms with E-state index in [1.54, 1.807) is 24.3 Å². The fourth-order valence-corrected chi connectivity index (χ4v) is 1.44. The smallest absolute Gasteiger partial charge is 0.0991 e. The van der Waals surface area contributed by atoms with Crippen LogP contribution < -0.4 is 5.11 Å². The standard InChI is InChI=1S/C12H7NO2.CH4/c13-7-8-1-2-10-6-11(12(14)15)4-3-9(10)5-8;/h1-6H,(H,14,15);1H4/p-1. The first-order valence-electron chi connectivity index (χ1n) is 4.36. The van der Waals surface area contributed by atoms with E-state index in [0.29, 0.717) is 5.56 Å². The predicted octanol–water partition coefficient (Wildman–Crippen LogP) is 1.71. The molecule has 0 bridgehead atoms. The van der Waals surface area contributed by atoms with Crippen LogP contribution in [0.15, 0.2) is 36.4 Å². The highest BCUT2D eigenvalue weighted by Crippen LogP contribution is 2.17. The van der Waals surface area contributed by atoms with Gasteiger partial charge in [-0.1, -0.05) is 25.6 Å². The van der Waals surface area contributed by atoms with E-state index in [1.807, 2.05) is 6.07 Å². The van der Waals surface area contributed by atoms with Gasteiger partial charge in [-0.3, -0.25) is 0 Å². The maximum Gasteiger partial charge on any atom is 0.0991 e. The molecule has 0 unspecified atom stereocenters. The topological polar surface area (TPSA) is 63.9 Å². The lowest BCUT2D eigenvalue weighted by Crippen LogP contribution is -2.21. The fourth-order valence-electron chi connectivity index (χ4n) is 1.44. The molecule has 16 heavy (non-hydrogen) atoms. The van der Waals surface area contributed by atoms with Crippen LogP contribution in [0, 0.1) is 11.3 Å². The van der Waals surface area contributed by atoms with Gasteiger partial charge in [0.15, 0.2) is 0 Å². The van der Waals surface area contributed by atoms with E-state index in [4.69, 9.17) is 5.26 Å². The van der Waals surface area contributed by atoms with Crippen molar-refractivity contribution in [1.29, 1.82) is 5.26 Å². The number of fused-ring (bicyclic) bond motifs is 1. The van der Waals surface area contributed by atoms with Crippen LogP contribution >= 0.6 is 0 Å². The van der Waals surface area contributed by atoms with Gasteiger partial charge in [0.2, 0.25) is 0 Å². The SMILES string of the molecule is C.N#Cc1ccc2cc(C(=O)[O-])ccc2c1. The van der Waals surface area contributed by atoms with Crippen LogP contribution in [0.1, 0.15) is 23.3 Å². The van der Waals surface area contributed by atoms with Crippen molar-refractivity contribution in [2.24, 2.45) is 0 Å². The minimum Gasteiger partial charge on any atom is -0.545 e. The number of rotatable bonds is 1. The number of benzene rings is 2. The molecule has 80 valence electrons. The zero-order valence-corrected chi connectivity index (χ0v) is 7.73. The summed E-state index contributed by atoms with van der Waals surface area (Å²) in [5.74, 6) is -1.19. The molecule has 0 atom stereocenters. The highest BCUT2D eigenvalue weighted by atomic mass is 16.4. The minimum atomic E-state index is -1.19. The third-order valence-electron chi connectivity index (χ3n) is 2.21. The molecule has 0 spiro atoms. The van der Waals surface area contributed by atoms with Gasteiger partial charge >= 0.3 is 0 Å². The molecule has 2 aromatic carbocycles. The van der Waals surface area contributed by atoms with Crippen LogP contribution in [0.5, 0.6) is 0 Å². The van der Waals surface area contributed by atoms with Crippen molar-refractivity contribution < 1.29 is 9.90 Å². The van der Waals surface area contributed by atoms with Gasteiger partial charge in [-0.25, -0.2) is 0 Å². The monoisotopic (exact) mass is 212 g/mol. The van der Waals surface area contributed by atoms with Crippen LogP contribution in [0.25, 0.3) is 10.8 Å². The summed E-state index contributed by atoms with van der Waals surface area (Å²) in [6.07, 6.45) is 0. The zero-order valence-electron chi connectivity index (χ0n) is 7.73. The van der Waals surface area contributed by atoms with Gasteiger partial charge in [0.1, 0.15) is 0 Å². The van der Waals surface area contributed by atoms with Gasteiger partial charge in [-0.2, -0.15) is 5.26 Å². The van der Waals surface area contributed by atoms with Crippen LogP contribution in [-0.2, 0) is 0 Å². The molecule has 0 amide bonds. The van der Waals surface area contributed by atoms with Crippen molar-refractivity contribution in [3.8, 4) is 6.07 Å². The molecular weight excluding hydrogens is 202 g/mol. The summed E-state index contributed by atoms with van der Waals surface area (Å²) in [6.45, 7) is 0. The first-order chi connectivity index (χ1) is 7.20. The normalized spacial score (nSPS) is 9.19. The highest BCUT2D eigenvalue weighted by Gasteiger charge is 1.98. The third kappa shape index (κ3) is 2.01. The molecular formula is C13H10NO2-. The second-order valence-electron chi connectivity index (χ2n) is 3.18. The van der Waals surface area contributed by atoms with E-state index in [0.717, 1.165) is 10.8 Å². The third-order valence-corrected chi connectivity index (χ3v) is 2.21. The number of carboxylic acids is 1. The summed E-state index contributed by atoms with van der Waals surface area (Å²) in [5, 5.41) is 20.9. The van der Waals surface area contributed by atoms with E-state index >= 15 is 0 Å². The van der Waals surface area contributed by atoms with Crippen molar-refractivity contribution in [2.75, 3.05) is 0 Å². The van der Waals surface area contributed by atoms with Gasteiger partial charge < -0.3 is 9.90 Å². The van der Waals surface area contributed by atoms with E-state index in [9.17, 15) is 9.90 Å². The summed E-state index contributed by atoms with van der Waals surface area (Å²) < 4.78 is 0. The van der Waals surface area contributed by atoms with Crippen LogP contribution in [-0.4, -0.2) is 5.97 Å². The molecule has 0 aliphatic rings. The van der Waals surface area contributed by atoms with Gasteiger partial charge in [0, 0.05) is 0 Å². The number of hydrogen-bond acceptors (Lipinski definition) is 3. The fraction of sp³-hybridized carbons (Fsp3) is 0.0769. The van der Waals surface area contributed by atoms with E-state index in [2.05, 4.69) is 0 Å². The van der Waals surface area contributed by atoms with E-state index in [1.165, 1.54) is 12.1 Å². The Morgan fingerprint density at radius 3 is 2.38 bits per heavy atom. The predicted molar refractivity (Wildman–Crippen MR) is 59.7 cm³/mol. The van der Waals surface area contributed by atoms with Crippen molar-refractivity contribution in [3.63, 3.8) is 0 Å². The number of nitrogens with zero attached hydrogens (tertiary/aromatic N) is 1. The van der Waals surface area contributed by atoms with Crippen LogP contribution in [0.2, 0.25) is 0 Å². The Morgan fingerprint density at radius 1 is 1.12 bits per heavy atom. The lowest BCUT2D eigenvalue weighted by atomic mass is 10.0. The first kappa shape index (κ1) is 11.7. The average Bonchev–Trinajstić information content (AvgIpc) is 2.27. The molecule has 0 heterocycles. The largest absolute Gasteiger partial charge is 0.545 e. The van der Waals surface area contributed by atoms with E-state index in [-0.39, 0.29) is 13.0 Å². The molecule has 0 radical (unpaired) electrons. The number of carboxylic acid groups (broad SMARTS) is 1. The Labute approximate surface area is 93.6 Å². The van der Waals surface area contributed by atoms with Gasteiger partial charge in [0.05, 0.1) is 17.6 Å². The first-order valence-corrected chi connectivity index (χ1v) is 4.36. The van der Waals surface area contributed by atoms with Gasteiger partial charge in [-0.15, -0.1) is 0 Å². The molecule has 2 rings (SSSR count). The summed E-state index contributed by atoms with van der Waals surface area (Å²) in [4.78, 5) is 10.6. The van der Waals surface area contributed by atoms with Gasteiger partial charge in [-0.05, 0) is 34.5 Å². The Morgan fingerprint density at radius 2 is 1.75 bits per heavy atom. The van der Waals surface area contributed by atoms with E-state index < -0.39 is 5.97 Å². The van der Waals surface area contributed by atoms with Crippen molar-refractivity contribution in [3.05, 3.63) is 47.5 Å². The Kier molecular flexibility index (Phi) is 3.27. The highest BCUT2D eigenvalue weighted by molar-refractivity contribution is 5.93. The average molecular weight is 212 g/mol. The zero-order chi connectivity index (χ0) is 10.8. The molecule has 3 nitrogen and oxygen atoms in total. The number of carbonyl (C=O) groups is 1. The molecule has 0 saturated carbocycles. The lowest BCUT2D eigenvalue weighted by Gasteiger charge is -2.04. The second-order valence-corrected chi connectivity index (χ2v) is 3.18. The number of hydrogen-bond donors (Lipinski definition) is 0. The molecule has 0 aromatic heterocycles. The lowest BCUT2D eigenvalue weighted by molar-refractivity contribution is -0.255. The van der Waals surface area contributed by atoms with Crippen molar-refractivity contribution >= 4 is 16.7 Å². The second kappa shape index (κ2) is 4.45. The Balaban J connectivity index is 0.00000128. The van der Waals surface area contributed by atoms with Crippen molar-refractivity contribution in [2.45, 2.75) is 7.43 Å². The summed E-state index contributed by atoms with van der Waals surface area (Å²) in [5.41, 5.74) is 0.705. The minimum absolute atomic E-state index is 0. The number of carbonyl (C=O) groups excluding carboxylic acids is 1. The Bertz CT molecular complexity index is 582. The molecule has 0 aliphatic carbocycles. The summed E-state index contributed by atoms with van der Waals surface area (Å²) in [6, 6.07) is 11.8. The van der Waals surface area contributed by atoms with Crippen LogP contribution in [0.3, 0.4) is 0 Å².